The van der Waals surface area contributed by atoms with E-state index in [-0.39, 0.29) is 11.5 Å². The normalized spacial score (nSPS) is 12.2. The lowest BCUT2D eigenvalue weighted by molar-refractivity contribution is 0.292. The summed E-state index contributed by atoms with van der Waals surface area (Å²) in [4.78, 5) is 34.4. The van der Waals surface area contributed by atoms with Gasteiger partial charge >= 0.3 is 15.2 Å². The van der Waals surface area contributed by atoms with Gasteiger partial charge in [-0.15, -0.1) is 0 Å². The summed E-state index contributed by atoms with van der Waals surface area (Å²) in [6.45, 7) is 0. The zero-order valence-corrected chi connectivity index (χ0v) is 10.8. The van der Waals surface area contributed by atoms with Crippen molar-refractivity contribution < 1.29 is 38.2 Å². The molecule has 102 valence electrons. The van der Waals surface area contributed by atoms with Gasteiger partial charge in [0.05, 0.1) is 0 Å². The zero-order chi connectivity index (χ0) is 13.8. The average molecular weight is 298 g/mol. The standard InChI is InChI=1S/C8H12O8P2/c9-17(10,11)5-15-7-2-1-3-8(4-7)16-6-18(12,13)14/h1-4H,5-6H2,(H2,9,10,11)(H2,12,13,14). The highest BCUT2D eigenvalue weighted by Crippen LogP contribution is 2.36. The van der Waals surface area contributed by atoms with Crippen LogP contribution in [0.2, 0.25) is 0 Å². The van der Waals surface area contributed by atoms with E-state index < -0.39 is 27.9 Å². The van der Waals surface area contributed by atoms with Crippen LogP contribution in [0.25, 0.3) is 0 Å². The predicted molar refractivity (Wildman–Crippen MR) is 61.5 cm³/mol. The molecule has 1 rings (SSSR count). The molecule has 0 saturated heterocycles. The fraction of sp³-hybridized carbons (Fsp3) is 0.250. The first-order chi connectivity index (χ1) is 8.16. The van der Waals surface area contributed by atoms with E-state index in [2.05, 4.69) is 0 Å². The Morgan fingerprint density at radius 1 is 0.889 bits per heavy atom. The van der Waals surface area contributed by atoms with Crippen molar-refractivity contribution in [1.82, 2.24) is 0 Å². The third kappa shape index (κ3) is 6.76. The van der Waals surface area contributed by atoms with Crippen molar-refractivity contribution in [3.8, 4) is 11.5 Å². The van der Waals surface area contributed by atoms with E-state index in [1.807, 2.05) is 0 Å². The van der Waals surface area contributed by atoms with Crippen molar-refractivity contribution in [3.05, 3.63) is 24.3 Å². The van der Waals surface area contributed by atoms with Gasteiger partial charge in [-0.1, -0.05) is 6.07 Å². The van der Waals surface area contributed by atoms with Gasteiger partial charge in [-0.2, -0.15) is 0 Å². The molecule has 8 nitrogen and oxygen atoms in total. The molecule has 10 heteroatoms. The smallest absolute Gasteiger partial charge is 0.362 e. The van der Waals surface area contributed by atoms with Gasteiger partial charge in [0.1, 0.15) is 11.5 Å². The molecule has 0 aliphatic rings. The van der Waals surface area contributed by atoms with Gasteiger partial charge in [-0.3, -0.25) is 9.13 Å². The van der Waals surface area contributed by atoms with Crippen molar-refractivity contribution in [3.63, 3.8) is 0 Å². The molecule has 18 heavy (non-hydrogen) atoms. The molecule has 1 aromatic carbocycles. The first-order valence-corrected chi connectivity index (χ1v) is 8.20. The van der Waals surface area contributed by atoms with E-state index in [1.54, 1.807) is 0 Å². The maximum Gasteiger partial charge on any atom is 0.362 e. The minimum atomic E-state index is -4.28. The van der Waals surface area contributed by atoms with Gasteiger partial charge in [0.2, 0.25) is 0 Å². The van der Waals surface area contributed by atoms with Crippen LogP contribution in [0, 0.1) is 0 Å². The van der Waals surface area contributed by atoms with Gasteiger partial charge in [0.25, 0.3) is 0 Å². The van der Waals surface area contributed by atoms with Gasteiger partial charge < -0.3 is 29.0 Å². The zero-order valence-electron chi connectivity index (χ0n) is 9.04. The fourth-order valence-corrected chi connectivity index (χ4v) is 1.61. The van der Waals surface area contributed by atoms with Crippen LogP contribution in [0.1, 0.15) is 0 Å². The highest BCUT2D eigenvalue weighted by Gasteiger charge is 2.15. The second-order valence-electron chi connectivity index (χ2n) is 3.35. The average Bonchev–Trinajstić information content (AvgIpc) is 2.22. The lowest BCUT2D eigenvalue weighted by Crippen LogP contribution is -2.00. The molecule has 0 radical (unpaired) electrons. The molecule has 0 aromatic heterocycles. The van der Waals surface area contributed by atoms with E-state index in [9.17, 15) is 9.13 Å². The monoisotopic (exact) mass is 298 g/mol. The van der Waals surface area contributed by atoms with Crippen molar-refractivity contribution in [2.24, 2.45) is 0 Å². The van der Waals surface area contributed by atoms with E-state index in [0.717, 1.165) is 0 Å². The molecule has 0 spiro atoms. The number of benzene rings is 1. The third-order valence-corrected chi connectivity index (χ3v) is 2.54. The topological polar surface area (TPSA) is 134 Å². The Morgan fingerprint density at radius 3 is 1.61 bits per heavy atom. The lowest BCUT2D eigenvalue weighted by atomic mass is 10.3. The molecular formula is C8H12O8P2. The number of ether oxygens (including phenoxy) is 2. The molecule has 0 atom stereocenters. The lowest BCUT2D eigenvalue weighted by Gasteiger charge is -2.10. The van der Waals surface area contributed by atoms with Crippen molar-refractivity contribution in [2.45, 2.75) is 0 Å². The Bertz CT molecular complexity index is 448. The largest absolute Gasteiger partial charge is 0.481 e. The van der Waals surface area contributed by atoms with Gasteiger partial charge in [-0.25, -0.2) is 0 Å². The second kappa shape index (κ2) is 5.84. The van der Waals surface area contributed by atoms with E-state index >= 15 is 0 Å². The van der Waals surface area contributed by atoms with Crippen LogP contribution in [-0.4, -0.2) is 32.3 Å². The molecular weight excluding hydrogens is 286 g/mol. The van der Waals surface area contributed by atoms with Crippen LogP contribution >= 0.6 is 15.2 Å². The summed E-state index contributed by atoms with van der Waals surface area (Å²) in [6.07, 6.45) is -1.57. The molecule has 1 aromatic rings. The number of hydrogen-bond acceptors (Lipinski definition) is 4. The SMILES string of the molecule is O=P(O)(O)COc1cccc(OCP(=O)(O)O)c1. The highest BCUT2D eigenvalue weighted by molar-refractivity contribution is 7.51. The van der Waals surface area contributed by atoms with Gasteiger partial charge in [0.15, 0.2) is 12.7 Å². The quantitative estimate of drug-likeness (QED) is 0.564. The minimum absolute atomic E-state index is 0.126. The maximum atomic E-state index is 10.6. The molecule has 0 fully saturated rings. The summed E-state index contributed by atoms with van der Waals surface area (Å²) in [7, 11) is -8.55. The molecule has 0 aliphatic heterocycles. The van der Waals surface area contributed by atoms with Crippen LogP contribution in [0.3, 0.4) is 0 Å². The maximum absolute atomic E-state index is 10.6. The number of rotatable bonds is 6. The Balaban J connectivity index is 2.62. The van der Waals surface area contributed by atoms with Gasteiger partial charge in [0, 0.05) is 6.07 Å². The van der Waals surface area contributed by atoms with E-state index in [1.165, 1.54) is 24.3 Å². The van der Waals surface area contributed by atoms with Crippen LogP contribution in [-0.2, 0) is 9.13 Å². The molecule has 0 aliphatic carbocycles. The third-order valence-electron chi connectivity index (χ3n) is 1.60. The summed E-state index contributed by atoms with van der Waals surface area (Å²) in [5.74, 6) is 0.253. The summed E-state index contributed by atoms with van der Waals surface area (Å²) in [5, 5.41) is 0. The van der Waals surface area contributed by atoms with Gasteiger partial charge in [-0.05, 0) is 12.1 Å². The van der Waals surface area contributed by atoms with Crippen molar-refractivity contribution in [2.75, 3.05) is 12.7 Å². The Labute approximate surface area is 102 Å². The van der Waals surface area contributed by atoms with Crippen molar-refractivity contribution in [1.29, 1.82) is 0 Å². The predicted octanol–water partition coefficient (Wildman–Crippen LogP) is 0.715. The molecule has 0 saturated carbocycles. The minimum Gasteiger partial charge on any atom is -0.481 e. The number of hydrogen-bond donors (Lipinski definition) is 4. The molecule has 4 N–H and O–H groups in total. The van der Waals surface area contributed by atoms with Crippen LogP contribution in [0.5, 0.6) is 11.5 Å². The second-order valence-corrected chi connectivity index (χ2v) is 6.53. The molecule has 0 amide bonds. The molecule has 0 heterocycles. The first kappa shape index (κ1) is 15.2. The summed E-state index contributed by atoms with van der Waals surface area (Å²) in [5.41, 5.74) is 0. The van der Waals surface area contributed by atoms with Crippen LogP contribution in [0.15, 0.2) is 24.3 Å². The highest BCUT2D eigenvalue weighted by atomic mass is 31.2. The molecule has 0 bridgehead atoms. The summed E-state index contributed by atoms with van der Waals surface area (Å²) >= 11 is 0. The van der Waals surface area contributed by atoms with Crippen LogP contribution in [0.4, 0.5) is 0 Å². The molecule has 0 unspecified atom stereocenters. The summed E-state index contributed by atoms with van der Waals surface area (Å²) in [6, 6.07) is 5.59. The summed E-state index contributed by atoms with van der Waals surface area (Å²) < 4.78 is 30.8. The van der Waals surface area contributed by atoms with Crippen molar-refractivity contribution >= 4 is 15.2 Å². The van der Waals surface area contributed by atoms with E-state index in [4.69, 9.17) is 29.0 Å². The fourth-order valence-electron chi connectivity index (χ4n) is 0.971. The first-order valence-electron chi connectivity index (χ1n) is 4.60. The Hall–Kier alpha value is -0.880. The Morgan fingerprint density at radius 2 is 1.28 bits per heavy atom. The van der Waals surface area contributed by atoms with Crippen LogP contribution < -0.4 is 9.47 Å². The van der Waals surface area contributed by atoms with E-state index in [0.29, 0.717) is 0 Å². The Kier molecular flexibility index (Phi) is 4.92.